The molecule has 124 valence electrons. The molecule has 2 heterocycles. The highest BCUT2D eigenvalue weighted by molar-refractivity contribution is 5.94. The van der Waals surface area contributed by atoms with Crippen molar-refractivity contribution in [1.82, 2.24) is 4.98 Å². The summed E-state index contributed by atoms with van der Waals surface area (Å²) in [6.45, 7) is 4.64. The van der Waals surface area contributed by atoms with Crippen molar-refractivity contribution < 1.29 is 5.48 Å². The van der Waals surface area contributed by atoms with Crippen molar-refractivity contribution in [3.05, 3.63) is 60.7 Å². The molecule has 0 bridgehead atoms. The highest BCUT2D eigenvalue weighted by Crippen LogP contribution is 2.33. The first-order chi connectivity index (χ1) is 11.3. The van der Waals surface area contributed by atoms with Gasteiger partial charge in [0.2, 0.25) is 0 Å². The molecule has 2 N–H and O–H groups in total. The molecule has 1 fully saturated rings. The zero-order valence-electron chi connectivity index (χ0n) is 14.1. The van der Waals surface area contributed by atoms with E-state index in [-0.39, 0.29) is 5.48 Å². The summed E-state index contributed by atoms with van der Waals surface area (Å²) in [7, 11) is 0. The van der Waals surface area contributed by atoms with Crippen LogP contribution >= 0.6 is 0 Å². The van der Waals surface area contributed by atoms with Crippen molar-refractivity contribution in [1.29, 1.82) is 0 Å². The molecule has 1 aliphatic rings. The van der Waals surface area contributed by atoms with Crippen LogP contribution in [0.15, 0.2) is 60.7 Å². The van der Waals surface area contributed by atoms with Crippen LogP contribution < -0.4 is 4.90 Å². The number of hydrogen-bond donors (Lipinski definition) is 0. The Kier molecular flexibility index (Phi) is 4.81. The van der Waals surface area contributed by atoms with E-state index in [1.807, 2.05) is 0 Å². The molecule has 1 aliphatic heterocycles. The summed E-state index contributed by atoms with van der Waals surface area (Å²) in [4.78, 5) is 7.43. The summed E-state index contributed by atoms with van der Waals surface area (Å²) in [6, 6.07) is 21.3. The maximum Gasteiger partial charge on any atom is 0.0730 e. The lowest BCUT2D eigenvalue weighted by Crippen LogP contribution is -2.32. The SMILES string of the molecule is CC1CCN(c2cc(-c3ccccc3)nc3ccccc23)CC1.O. The third-order valence-corrected chi connectivity index (χ3v) is 4.89. The topological polar surface area (TPSA) is 47.6 Å². The van der Waals surface area contributed by atoms with E-state index in [9.17, 15) is 0 Å². The molecule has 1 saturated heterocycles. The summed E-state index contributed by atoms with van der Waals surface area (Å²) in [5.74, 6) is 0.841. The zero-order chi connectivity index (χ0) is 15.6. The molecule has 3 heteroatoms. The third kappa shape index (κ3) is 3.13. The summed E-state index contributed by atoms with van der Waals surface area (Å²) in [5, 5.41) is 1.27. The second-order valence-corrected chi connectivity index (χ2v) is 6.58. The minimum atomic E-state index is 0. The molecular formula is C21H24N2O. The fourth-order valence-electron chi connectivity index (χ4n) is 3.42. The van der Waals surface area contributed by atoms with E-state index in [2.05, 4.69) is 72.5 Å². The van der Waals surface area contributed by atoms with E-state index in [0.717, 1.165) is 30.2 Å². The van der Waals surface area contributed by atoms with Crippen molar-refractivity contribution in [2.45, 2.75) is 19.8 Å². The van der Waals surface area contributed by atoms with Crippen LogP contribution in [0.25, 0.3) is 22.2 Å². The molecule has 1 aromatic heterocycles. The molecule has 3 aromatic rings. The first-order valence-electron chi connectivity index (χ1n) is 8.51. The number of para-hydroxylation sites is 1. The van der Waals surface area contributed by atoms with Crippen LogP contribution in [0.1, 0.15) is 19.8 Å². The number of rotatable bonds is 2. The van der Waals surface area contributed by atoms with Gasteiger partial charge in [-0.3, -0.25) is 0 Å². The summed E-state index contributed by atoms with van der Waals surface area (Å²) in [5.41, 5.74) is 4.67. The Hall–Kier alpha value is -2.39. The highest BCUT2D eigenvalue weighted by Gasteiger charge is 2.19. The third-order valence-electron chi connectivity index (χ3n) is 4.89. The number of hydrogen-bond acceptors (Lipinski definition) is 2. The van der Waals surface area contributed by atoms with Crippen LogP contribution in [0, 0.1) is 5.92 Å². The fraction of sp³-hybridized carbons (Fsp3) is 0.286. The number of pyridine rings is 1. The van der Waals surface area contributed by atoms with Crippen LogP contribution in [-0.2, 0) is 0 Å². The van der Waals surface area contributed by atoms with Gasteiger partial charge in [-0.15, -0.1) is 0 Å². The molecule has 0 amide bonds. The van der Waals surface area contributed by atoms with Gasteiger partial charge in [0.25, 0.3) is 0 Å². The zero-order valence-corrected chi connectivity index (χ0v) is 14.1. The smallest absolute Gasteiger partial charge is 0.0730 e. The van der Waals surface area contributed by atoms with Crippen molar-refractivity contribution in [2.75, 3.05) is 18.0 Å². The first kappa shape index (κ1) is 16.5. The molecule has 0 aliphatic carbocycles. The molecule has 0 radical (unpaired) electrons. The molecule has 0 saturated carbocycles. The molecule has 4 rings (SSSR count). The predicted molar refractivity (Wildman–Crippen MR) is 101 cm³/mol. The van der Waals surface area contributed by atoms with Gasteiger partial charge < -0.3 is 10.4 Å². The number of nitrogens with zero attached hydrogens (tertiary/aromatic N) is 2. The monoisotopic (exact) mass is 320 g/mol. The van der Waals surface area contributed by atoms with Gasteiger partial charge in [0.1, 0.15) is 0 Å². The van der Waals surface area contributed by atoms with Crippen LogP contribution in [0.3, 0.4) is 0 Å². The van der Waals surface area contributed by atoms with Crippen molar-refractivity contribution in [2.24, 2.45) is 5.92 Å². The Morgan fingerprint density at radius 3 is 2.33 bits per heavy atom. The Balaban J connectivity index is 0.00000169. The maximum absolute atomic E-state index is 4.89. The van der Waals surface area contributed by atoms with Gasteiger partial charge in [0, 0.05) is 29.7 Å². The van der Waals surface area contributed by atoms with Crippen molar-refractivity contribution in [3.63, 3.8) is 0 Å². The van der Waals surface area contributed by atoms with Gasteiger partial charge in [-0.05, 0) is 30.9 Å². The van der Waals surface area contributed by atoms with E-state index < -0.39 is 0 Å². The average molecular weight is 320 g/mol. The number of piperidine rings is 1. The number of fused-ring (bicyclic) bond motifs is 1. The van der Waals surface area contributed by atoms with Gasteiger partial charge in [-0.2, -0.15) is 0 Å². The second kappa shape index (κ2) is 7.02. The Bertz CT molecular complexity index is 808. The van der Waals surface area contributed by atoms with Crippen molar-refractivity contribution >= 4 is 16.6 Å². The molecule has 2 aromatic carbocycles. The summed E-state index contributed by atoms with van der Waals surface area (Å²) >= 11 is 0. The van der Waals surface area contributed by atoms with E-state index in [0.29, 0.717) is 0 Å². The summed E-state index contributed by atoms with van der Waals surface area (Å²) < 4.78 is 0. The largest absolute Gasteiger partial charge is 0.412 e. The van der Waals surface area contributed by atoms with Gasteiger partial charge in [0.15, 0.2) is 0 Å². The molecule has 24 heavy (non-hydrogen) atoms. The first-order valence-corrected chi connectivity index (χ1v) is 8.51. The Morgan fingerprint density at radius 2 is 1.58 bits per heavy atom. The van der Waals surface area contributed by atoms with Crippen LogP contribution in [0.2, 0.25) is 0 Å². The van der Waals surface area contributed by atoms with Gasteiger partial charge >= 0.3 is 0 Å². The Morgan fingerprint density at radius 1 is 0.917 bits per heavy atom. The molecule has 0 spiro atoms. The molecule has 0 atom stereocenters. The minimum absolute atomic E-state index is 0. The lowest BCUT2D eigenvalue weighted by molar-refractivity contribution is 0.439. The van der Waals surface area contributed by atoms with Gasteiger partial charge in [0.05, 0.1) is 11.2 Å². The number of benzene rings is 2. The second-order valence-electron chi connectivity index (χ2n) is 6.58. The van der Waals surface area contributed by atoms with E-state index >= 15 is 0 Å². The maximum atomic E-state index is 4.89. The predicted octanol–water partition coefficient (Wildman–Crippen LogP) is 4.31. The van der Waals surface area contributed by atoms with Crippen LogP contribution in [0.4, 0.5) is 5.69 Å². The fourth-order valence-corrected chi connectivity index (χ4v) is 3.42. The average Bonchev–Trinajstić information content (AvgIpc) is 2.62. The van der Waals surface area contributed by atoms with Crippen LogP contribution in [-0.4, -0.2) is 23.5 Å². The van der Waals surface area contributed by atoms with E-state index in [1.54, 1.807) is 0 Å². The summed E-state index contributed by atoms with van der Waals surface area (Å²) in [6.07, 6.45) is 2.55. The van der Waals surface area contributed by atoms with Crippen molar-refractivity contribution in [3.8, 4) is 11.3 Å². The van der Waals surface area contributed by atoms with E-state index in [4.69, 9.17) is 4.98 Å². The lowest BCUT2D eigenvalue weighted by atomic mass is 9.98. The molecule has 0 unspecified atom stereocenters. The molecule has 3 nitrogen and oxygen atoms in total. The highest BCUT2D eigenvalue weighted by atomic mass is 16.0. The van der Waals surface area contributed by atoms with Gasteiger partial charge in [-0.25, -0.2) is 4.98 Å². The minimum Gasteiger partial charge on any atom is -0.412 e. The van der Waals surface area contributed by atoms with Crippen LogP contribution in [0.5, 0.6) is 0 Å². The Labute approximate surface area is 143 Å². The number of anilines is 1. The quantitative estimate of drug-likeness (QED) is 0.706. The van der Waals surface area contributed by atoms with Gasteiger partial charge in [-0.1, -0.05) is 55.5 Å². The normalized spacial score (nSPS) is 15.3. The standard InChI is InChI=1S/C21H22N2.H2O/c1-16-11-13-23(14-12-16)21-15-20(17-7-3-2-4-8-17)22-19-10-6-5-9-18(19)21;/h2-10,15-16H,11-14H2,1H3;1H2. The lowest BCUT2D eigenvalue weighted by Gasteiger charge is -2.33. The van der Waals surface area contributed by atoms with E-state index in [1.165, 1.54) is 29.5 Å². The number of aromatic nitrogens is 1. The molecular weight excluding hydrogens is 296 g/mol.